The lowest BCUT2D eigenvalue weighted by molar-refractivity contribution is -0.132. The first-order valence-electron chi connectivity index (χ1n) is 7.79. The number of hydrogen-bond donors (Lipinski definition) is 2. The van der Waals surface area contributed by atoms with E-state index in [0.717, 1.165) is 22.6 Å². The van der Waals surface area contributed by atoms with Crippen LogP contribution < -0.4 is 10.6 Å². The van der Waals surface area contributed by atoms with Gasteiger partial charge >= 0.3 is 6.03 Å². The van der Waals surface area contributed by atoms with Crippen molar-refractivity contribution in [3.8, 4) is 0 Å². The van der Waals surface area contributed by atoms with Crippen molar-refractivity contribution < 1.29 is 14.4 Å². The number of carbonyl (C=O) groups excluding carboxylic acids is 3. The number of carbonyl (C=O) groups is 3. The summed E-state index contributed by atoms with van der Waals surface area (Å²) in [6.07, 6.45) is 0.952. The van der Waals surface area contributed by atoms with Crippen molar-refractivity contribution in [3.05, 3.63) is 29.8 Å². The molecule has 1 heterocycles. The first kappa shape index (κ1) is 17.0. The molecule has 0 aliphatic carbocycles. The highest BCUT2D eigenvalue weighted by atomic mass is 16.2. The van der Waals surface area contributed by atoms with E-state index in [9.17, 15) is 14.4 Å². The second-order valence-corrected chi connectivity index (χ2v) is 6.39. The molecule has 0 radical (unpaired) electrons. The van der Waals surface area contributed by atoms with Gasteiger partial charge in [-0.3, -0.25) is 14.5 Å². The average Bonchev–Trinajstić information content (AvgIpc) is 2.69. The molecule has 1 aliphatic heterocycles. The van der Waals surface area contributed by atoms with Crippen molar-refractivity contribution in [3.63, 3.8) is 0 Å². The zero-order chi connectivity index (χ0) is 17.2. The number of hydrogen-bond acceptors (Lipinski definition) is 3. The van der Waals surface area contributed by atoms with Gasteiger partial charge in [0, 0.05) is 5.69 Å². The number of anilines is 1. The molecule has 1 atom stereocenters. The summed E-state index contributed by atoms with van der Waals surface area (Å²) < 4.78 is 0. The highest BCUT2D eigenvalue weighted by Gasteiger charge is 2.44. The third kappa shape index (κ3) is 3.52. The van der Waals surface area contributed by atoms with Gasteiger partial charge in [0.05, 0.1) is 0 Å². The Morgan fingerprint density at radius 1 is 1.30 bits per heavy atom. The minimum atomic E-state index is -0.966. The Hall–Kier alpha value is -2.37. The van der Waals surface area contributed by atoms with Gasteiger partial charge in [0.2, 0.25) is 5.91 Å². The lowest BCUT2D eigenvalue weighted by Crippen LogP contribution is -2.41. The minimum Gasteiger partial charge on any atom is -0.324 e. The van der Waals surface area contributed by atoms with Crippen molar-refractivity contribution in [1.82, 2.24) is 10.2 Å². The smallest absolute Gasteiger partial charge is 0.324 e. The number of imide groups is 1. The lowest BCUT2D eigenvalue weighted by Gasteiger charge is -2.18. The van der Waals surface area contributed by atoms with Crippen LogP contribution in [-0.2, 0) is 9.59 Å². The molecule has 0 unspecified atom stereocenters. The highest BCUT2D eigenvalue weighted by molar-refractivity contribution is 6.09. The Kier molecular flexibility index (Phi) is 4.73. The van der Waals surface area contributed by atoms with Crippen LogP contribution in [0.4, 0.5) is 10.5 Å². The molecule has 0 saturated carbocycles. The fourth-order valence-corrected chi connectivity index (χ4v) is 2.56. The van der Waals surface area contributed by atoms with Crippen LogP contribution in [0.2, 0.25) is 0 Å². The Labute approximate surface area is 136 Å². The number of nitrogens with one attached hydrogen (secondary N) is 2. The second-order valence-electron chi connectivity index (χ2n) is 6.39. The summed E-state index contributed by atoms with van der Waals surface area (Å²) in [4.78, 5) is 37.1. The third-order valence-corrected chi connectivity index (χ3v) is 4.12. The van der Waals surface area contributed by atoms with Crippen LogP contribution >= 0.6 is 0 Å². The van der Waals surface area contributed by atoms with E-state index < -0.39 is 17.5 Å². The quantitative estimate of drug-likeness (QED) is 0.819. The third-order valence-electron chi connectivity index (χ3n) is 4.12. The SMILES string of the molecule is CC[C@H](C)c1ccccc1NC(=O)CN1C(=O)NC(C)(C)C1=O. The molecule has 4 amide bonds. The number of urea groups is 1. The van der Waals surface area contributed by atoms with Gasteiger partial charge in [0.15, 0.2) is 0 Å². The van der Waals surface area contributed by atoms with Crippen LogP contribution in [0, 0.1) is 0 Å². The average molecular weight is 317 g/mol. The largest absolute Gasteiger partial charge is 0.325 e. The van der Waals surface area contributed by atoms with Crippen molar-refractivity contribution in [1.29, 1.82) is 0 Å². The maximum Gasteiger partial charge on any atom is 0.325 e. The van der Waals surface area contributed by atoms with E-state index in [1.54, 1.807) is 13.8 Å². The summed E-state index contributed by atoms with van der Waals surface area (Å²) in [6, 6.07) is 7.04. The van der Waals surface area contributed by atoms with E-state index in [-0.39, 0.29) is 12.5 Å². The predicted octanol–water partition coefficient (Wildman–Crippen LogP) is 2.47. The van der Waals surface area contributed by atoms with Crippen molar-refractivity contribution in [2.45, 2.75) is 45.6 Å². The zero-order valence-electron chi connectivity index (χ0n) is 14.0. The predicted molar refractivity (Wildman–Crippen MR) is 88.1 cm³/mol. The highest BCUT2D eigenvalue weighted by Crippen LogP contribution is 2.26. The summed E-state index contributed by atoms with van der Waals surface area (Å²) in [5, 5.41) is 5.37. The Morgan fingerprint density at radius 2 is 1.96 bits per heavy atom. The Bertz CT molecular complexity index is 640. The van der Waals surface area contributed by atoms with E-state index >= 15 is 0 Å². The molecule has 0 bridgehead atoms. The van der Waals surface area contributed by atoms with Gasteiger partial charge in [-0.1, -0.05) is 32.0 Å². The fourth-order valence-electron chi connectivity index (χ4n) is 2.56. The van der Waals surface area contributed by atoms with Crippen LogP contribution in [0.3, 0.4) is 0 Å². The van der Waals surface area contributed by atoms with Crippen LogP contribution in [0.25, 0.3) is 0 Å². The van der Waals surface area contributed by atoms with E-state index in [1.165, 1.54) is 0 Å². The van der Waals surface area contributed by atoms with Gasteiger partial charge in [-0.05, 0) is 37.8 Å². The molecule has 2 rings (SSSR count). The van der Waals surface area contributed by atoms with E-state index in [1.807, 2.05) is 24.3 Å². The number of para-hydroxylation sites is 1. The Balaban J connectivity index is 2.09. The van der Waals surface area contributed by atoms with Gasteiger partial charge in [-0.2, -0.15) is 0 Å². The summed E-state index contributed by atoms with van der Waals surface area (Å²) in [6.45, 7) is 7.11. The number of amides is 4. The summed E-state index contributed by atoms with van der Waals surface area (Å²) >= 11 is 0. The number of nitrogens with zero attached hydrogens (tertiary/aromatic N) is 1. The molecule has 0 spiro atoms. The Morgan fingerprint density at radius 3 is 2.52 bits per heavy atom. The summed E-state index contributed by atoms with van der Waals surface area (Å²) in [5.41, 5.74) is 0.797. The molecule has 124 valence electrons. The normalized spacial score (nSPS) is 17.8. The topological polar surface area (TPSA) is 78.5 Å². The van der Waals surface area contributed by atoms with Gasteiger partial charge in [-0.25, -0.2) is 4.79 Å². The summed E-state index contributed by atoms with van der Waals surface area (Å²) in [7, 11) is 0. The molecule has 1 aromatic rings. The molecule has 0 aromatic heterocycles. The molecule has 1 saturated heterocycles. The monoisotopic (exact) mass is 317 g/mol. The van der Waals surface area contributed by atoms with Crippen LogP contribution in [0.1, 0.15) is 45.6 Å². The van der Waals surface area contributed by atoms with E-state index in [2.05, 4.69) is 24.5 Å². The van der Waals surface area contributed by atoms with Crippen molar-refractivity contribution in [2.24, 2.45) is 0 Å². The minimum absolute atomic E-state index is 0.289. The molecule has 1 fully saturated rings. The molecule has 2 N–H and O–H groups in total. The molecular weight excluding hydrogens is 294 g/mol. The van der Waals surface area contributed by atoms with Crippen LogP contribution in [0.5, 0.6) is 0 Å². The van der Waals surface area contributed by atoms with Crippen molar-refractivity contribution >= 4 is 23.5 Å². The molecular formula is C17H23N3O3. The number of benzene rings is 1. The van der Waals surface area contributed by atoms with Crippen molar-refractivity contribution in [2.75, 3.05) is 11.9 Å². The standard InChI is InChI=1S/C17H23N3O3/c1-5-11(2)12-8-6-7-9-13(12)18-14(21)10-20-15(22)17(3,4)19-16(20)23/h6-9,11H,5,10H2,1-4H3,(H,18,21)(H,19,23)/t11-/m0/s1. The zero-order valence-corrected chi connectivity index (χ0v) is 14.0. The van der Waals surface area contributed by atoms with Crippen LogP contribution in [0.15, 0.2) is 24.3 Å². The molecule has 1 aliphatic rings. The maximum absolute atomic E-state index is 12.2. The molecule has 23 heavy (non-hydrogen) atoms. The molecule has 6 nitrogen and oxygen atoms in total. The lowest BCUT2D eigenvalue weighted by atomic mass is 9.97. The van der Waals surface area contributed by atoms with E-state index in [4.69, 9.17) is 0 Å². The first-order chi connectivity index (χ1) is 10.8. The van der Waals surface area contributed by atoms with Crippen LogP contribution in [-0.4, -0.2) is 34.8 Å². The van der Waals surface area contributed by atoms with Gasteiger partial charge in [-0.15, -0.1) is 0 Å². The first-order valence-corrected chi connectivity index (χ1v) is 7.79. The van der Waals surface area contributed by atoms with E-state index in [0.29, 0.717) is 5.92 Å². The number of rotatable bonds is 5. The maximum atomic E-state index is 12.2. The fraction of sp³-hybridized carbons (Fsp3) is 0.471. The second kappa shape index (κ2) is 6.40. The molecule has 6 heteroatoms. The van der Waals surface area contributed by atoms with Gasteiger partial charge in [0.1, 0.15) is 12.1 Å². The summed E-state index contributed by atoms with van der Waals surface area (Å²) in [5.74, 6) is -0.475. The molecule has 1 aromatic carbocycles. The van der Waals surface area contributed by atoms with Gasteiger partial charge < -0.3 is 10.6 Å². The van der Waals surface area contributed by atoms with Gasteiger partial charge in [0.25, 0.3) is 5.91 Å².